The lowest BCUT2D eigenvalue weighted by Gasteiger charge is -2.48. The molecule has 0 unspecified atom stereocenters. The molecule has 0 N–H and O–H groups in total. The minimum absolute atomic E-state index is 0.212. The second-order valence-electron chi connectivity index (χ2n) is 6.58. The number of hydrogen-bond acceptors (Lipinski definition) is 5. The number of benzene rings is 2. The van der Waals surface area contributed by atoms with Crippen LogP contribution in [0.25, 0.3) is 0 Å². The standard InChI is InChI=1S/C21H24O5/c1-22-19-17(14-9-5-3-6-10-14)25-16-13-24-21(15-11-7-4-8-12-15)26-18(16)20(19)23-2/h3-12,16-21H,13H2,1-2H3/t16-,17+,18-,19+,20+,21-/m1/s1. The van der Waals surface area contributed by atoms with E-state index in [1.54, 1.807) is 14.2 Å². The van der Waals surface area contributed by atoms with Crippen molar-refractivity contribution >= 4 is 0 Å². The molecule has 0 aliphatic carbocycles. The molecule has 2 aliphatic heterocycles. The van der Waals surface area contributed by atoms with E-state index in [2.05, 4.69) is 0 Å². The van der Waals surface area contributed by atoms with Gasteiger partial charge in [-0.15, -0.1) is 0 Å². The fourth-order valence-electron chi connectivity index (χ4n) is 3.80. The van der Waals surface area contributed by atoms with Crippen molar-refractivity contribution < 1.29 is 23.7 Å². The van der Waals surface area contributed by atoms with Gasteiger partial charge in [-0.05, 0) is 5.56 Å². The fourth-order valence-corrected chi connectivity index (χ4v) is 3.80. The van der Waals surface area contributed by atoms with Crippen LogP contribution in [0.5, 0.6) is 0 Å². The summed E-state index contributed by atoms with van der Waals surface area (Å²) in [5, 5.41) is 0. The zero-order valence-corrected chi connectivity index (χ0v) is 15.0. The van der Waals surface area contributed by atoms with E-state index in [0.717, 1.165) is 11.1 Å². The monoisotopic (exact) mass is 356 g/mol. The number of rotatable bonds is 4. The summed E-state index contributed by atoms with van der Waals surface area (Å²) < 4.78 is 30.1. The third-order valence-electron chi connectivity index (χ3n) is 5.07. The number of hydrogen-bond donors (Lipinski definition) is 0. The molecule has 2 aliphatic rings. The highest BCUT2D eigenvalue weighted by Crippen LogP contribution is 2.40. The summed E-state index contributed by atoms with van der Waals surface area (Å²) in [7, 11) is 3.38. The van der Waals surface area contributed by atoms with Crippen LogP contribution in [-0.4, -0.2) is 45.2 Å². The Labute approximate surface area is 153 Å². The summed E-state index contributed by atoms with van der Waals surface area (Å²) in [6.45, 7) is 0.448. The largest absolute Gasteiger partial charge is 0.376 e. The van der Waals surface area contributed by atoms with Crippen LogP contribution in [0.2, 0.25) is 0 Å². The highest BCUT2D eigenvalue weighted by Gasteiger charge is 2.50. The third-order valence-corrected chi connectivity index (χ3v) is 5.07. The summed E-state index contributed by atoms with van der Waals surface area (Å²) >= 11 is 0. The molecule has 0 bridgehead atoms. The van der Waals surface area contributed by atoms with Crippen LogP contribution < -0.4 is 0 Å². The molecule has 5 nitrogen and oxygen atoms in total. The second kappa shape index (κ2) is 7.86. The van der Waals surface area contributed by atoms with E-state index in [1.165, 1.54) is 0 Å². The first-order valence-corrected chi connectivity index (χ1v) is 8.90. The Morgan fingerprint density at radius 1 is 0.769 bits per heavy atom. The molecule has 2 heterocycles. The molecule has 4 rings (SSSR count). The number of fused-ring (bicyclic) bond motifs is 1. The molecule has 2 aromatic rings. The Hall–Kier alpha value is -1.76. The van der Waals surface area contributed by atoms with Crippen molar-refractivity contribution in [3.05, 3.63) is 71.8 Å². The zero-order chi connectivity index (χ0) is 17.9. The maximum atomic E-state index is 6.34. The number of methoxy groups -OCH3 is 2. The first-order chi connectivity index (χ1) is 12.8. The fraction of sp³-hybridized carbons (Fsp3) is 0.429. The minimum atomic E-state index is -0.426. The van der Waals surface area contributed by atoms with Crippen molar-refractivity contribution in [3.63, 3.8) is 0 Å². The van der Waals surface area contributed by atoms with Crippen molar-refractivity contribution in [2.45, 2.75) is 36.8 Å². The number of ether oxygens (including phenoxy) is 5. The smallest absolute Gasteiger partial charge is 0.184 e. The maximum absolute atomic E-state index is 6.34. The van der Waals surface area contributed by atoms with Gasteiger partial charge in [-0.1, -0.05) is 60.7 Å². The predicted molar refractivity (Wildman–Crippen MR) is 95.7 cm³/mol. The molecule has 26 heavy (non-hydrogen) atoms. The van der Waals surface area contributed by atoms with Gasteiger partial charge in [0.25, 0.3) is 0 Å². The Morgan fingerprint density at radius 3 is 2.00 bits per heavy atom. The summed E-state index contributed by atoms with van der Waals surface area (Å²) in [4.78, 5) is 0. The summed E-state index contributed by atoms with van der Waals surface area (Å²) in [6.07, 6.45) is -1.64. The Balaban J connectivity index is 1.59. The van der Waals surface area contributed by atoms with E-state index >= 15 is 0 Å². The minimum Gasteiger partial charge on any atom is -0.376 e. The maximum Gasteiger partial charge on any atom is 0.184 e. The lowest BCUT2D eigenvalue weighted by molar-refractivity contribution is -0.334. The van der Waals surface area contributed by atoms with E-state index in [4.69, 9.17) is 23.7 Å². The van der Waals surface area contributed by atoms with Crippen molar-refractivity contribution in [2.24, 2.45) is 0 Å². The Bertz CT molecular complexity index is 692. The van der Waals surface area contributed by atoms with Crippen LogP contribution in [0, 0.1) is 0 Å². The van der Waals surface area contributed by atoms with Gasteiger partial charge in [-0.2, -0.15) is 0 Å². The quantitative estimate of drug-likeness (QED) is 0.841. The van der Waals surface area contributed by atoms with Crippen molar-refractivity contribution in [3.8, 4) is 0 Å². The first kappa shape index (κ1) is 17.6. The van der Waals surface area contributed by atoms with Gasteiger partial charge in [0, 0.05) is 19.8 Å². The van der Waals surface area contributed by atoms with E-state index in [-0.39, 0.29) is 30.5 Å². The summed E-state index contributed by atoms with van der Waals surface area (Å²) in [6, 6.07) is 20.0. The molecule has 2 fully saturated rings. The van der Waals surface area contributed by atoms with Crippen LogP contribution in [0.4, 0.5) is 0 Å². The molecule has 0 radical (unpaired) electrons. The molecule has 0 spiro atoms. The second-order valence-corrected chi connectivity index (χ2v) is 6.58. The van der Waals surface area contributed by atoms with Gasteiger partial charge < -0.3 is 23.7 Å². The van der Waals surface area contributed by atoms with Gasteiger partial charge in [0.05, 0.1) is 6.61 Å². The van der Waals surface area contributed by atoms with Gasteiger partial charge in [0.15, 0.2) is 6.29 Å². The van der Waals surface area contributed by atoms with E-state index in [9.17, 15) is 0 Å². The Kier molecular flexibility index (Phi) is 5.33. The molecule has 0 saturated carbocycles. The molecular formula is C21H24O5. The first-order valence-electron chi connectivity index (χ1n) is 8.90. The van der Waals surface area contributed by atoms with E-state index in [0.29, 0.717) is 6.61 Å². The SMILES string of the molecule is CO[C@@H]1[C@@H](OC)[C@H](c2ccccc2)O[C@@H]2CO[C@@H](c3ccccc3)O[C@@H]12. The summed E-state index contributed by atoms with van der Waals surface area (Å²) in [5.41, 5.74) is 2.05. The van der Waals surface area contributed by atoms with E-state index in [1.807, 2.05) is 60.7 Å². The van der Waals surface area contributed by atoms with Gasteiger partial charge in [-0.3, -0.25) is 0 Å². The molecule has 0 aromatic heterocycles. The van der Waals surface area contributed by atoms with Crippen molar-refractivity contribution in [2.75, 3.05) is 20.8 Å². The zero-order valence-electron chi connectivity index (χ0n) is 15.0. The van der Waals surface area contributed by atoms with Crippen LogP contribution in [0.1, 0.15) is 23.5 Å². The van der Waals surface area contributed by atoms with Crippen LogP contribution >= 0.6 is 0 Å². The molecule has 0 amide bonds. The lowest BCUT2D eigenvalue weighted by Crippen LogP contribution is -2.60. The summed E-state index contributed by atoms with van der Waals surface area (Å²) in [5.74, 6) is 0. The molecule has 2 aromatic carbocycles. The molecule has 2 saturated heterocycles. The molecular weight excluding hydrogens is 332 g/mol. The average molecular weight is 356 g/mol. The highest BCUT2D eigenvalue weighted by molar-refractivity contribution is 5.21. The van der Waals surface area contributed by atoms with Crippen LogP contribution in [0.15, 0.2) is 60.7 Å². The molecule has 6 atom stereocenters. The van der Waals surface area contributed by atoms with Crippen LogP contribution in [0.3, 0.4) is 0 Å². The van der Waals surface area contributed by atoms with Crippen LogP contribution in [-0.2, 0) is 23.7 Å². The Morgan fingerprint density at radius 2 is 1.38 bits per heavy atom. The normalized spacial score (nSPS) is 34.2. The van der Waals surface area contributed by atoms with E-state index < -0.39 is 6.29 Å². The van der Waals surface area contributed by atoms with Gasteiger partial charge >= 0.3 is 0 Å². The molecule has 138 valence electrons. The highest BCUT2D eigenvalue weighted by atomic mass is 16.7. The van der Waals surface area contributed by atoms with Gasteiger partial charge in [0.1, 0.15) is 30.5 Å². The third kappa shape index (κ3) is 3.29. The lowest BCUT2D eigenvalue weighted by atomic mass is 9.90. The van der Waals surface area contributed by atoms with Gasteiger partial charge in [-0.25, -0.2) is 0 Å². The van der Waals surface area contributed by atoms with Gasteiger partial charge in [0.2, 0.25) is 0 Å². The predicted octanol–water partition coefficient (Wildman–Crippen LogP) is 3.27. The molecule has 5 heteroatoms. The van der Waals surface area contributed by atoms with Crippen molar-refractivity contribution in [1.29, 1.82) is 0 Å². The topological polar surface area (TPSA) is 46.2 Å². The average Bonchev–Trinajstić information content (AvgIpc) is 2.73. The van der Waals surface area contributed by atoms with Crippen molar-refractivity contribution in [1.82, 2.24) is 0 Å².